The molecule has 0 aliphatic heterocycles. The number of fused-ring (bicyclic) bond motifs is 3. The van der Waals surface area contributed by atoms with Crippen molar-refractivity contribution in [1.82, 2.24) is 16.0 Å². The molecule has 1 aliphatic carbocycles. The van der Waals surface area contributed by atoms with E-state index in [0.717, 1.165) is 22.3 Å². The predicted octanol–water partition coefficient (Wildman–Crippen LogP) is 3.51. The molecule has 3 rings (SSSR count). The Morgan fingerprint density at radius 3 is 2.03 bits per heavy atom. The van der Waals surface area contributed by atoms with Gasteiger partial charge in [0.05, 0.1) is 0 Å². The van der Waals surface area contributed by atoms with Crippen molar-refractivity contribution in [2.75, 3.05) is 19.7 Å². The van der Waals surface area contributed by atoms with Gasteiger partial charge in [0.15, 0.2) is 0 Å². The average molecular weight is 524 g/mol. The van der Waals surface area contributed by atoms with Crippen molar-refractivity contribution >= 4 is 23.9 Å². The van der Waals surface area contributed by atoms with Gasteiger partial charge in [0.25, 0.3) is 0 Å². The Balaban J connectivity index is 1.49. The molecule has 0 saturated carbocycles. The summed E-state index contributed by atoms with van der Waals surface area (Å²) in [6, 6.07) is 15.2. The summed E-state index contributed by atoms with van der Waals surface area (Å²) in [7, 11) is 0. The van der Waals surface area contributed by atoms with Crippen LogP contribution in [0.2, 0.25) is 0 Å². The molecular weight excluding hydrogens is 486 g/mol. The zero-order chi connectivity index (χ0) is 27.9. The molecule has 2 aromatic rings. The maximum atomic E-state index is 12.7. The Labute approximate surface area is 223 Å². The van der Waals surface area contributed by atoms with E-state index in [9.17, 15) is 19.2 Å². The van der Waals surface area contributed by atoms with Crippen molar-refractivity contribution in [1.29, 1.82) is 0 Å². The van der Waals surface area contributed by atoms with Gasteiger partial charge < -0.3 is 25.4 Å². The minimum Gasteiger partial charge on any atom is -0.459 e. The minimum atomic E-state index is -0.876. The van der Waals surface area contributed by atoms with Crippen LogP contribution in [0.5, 0.6) is 0 Å². The molecular formula is C29H37N3O6. The number of hydrogen-bond donors (Lipinski definition) is 3. The SMILES string of the molecule is CC[C@H](C)[C@H](NC(=O)CNC(=O)OCC1c2ccccc2-c2ccccc21)C(=O)NCC(=O)OC(C)(C)C. The topological polar surface area (TPSA) is 123 Å². The summed E-state index contributed by atoms with van der Waals surface area (Å²) in [6.45, 7) is 8.37. The van der Waals surface area contributed by atoms with Gasteiger partial charge in [0, 0.05) is 5.92 Å². The van der Waals surface area contributed by atoms with Crippen molar-refractivity contribution in [2.24, 2.45) is 5.92 Å². The summed E-state index contributed by atoms with van der Waals surface area (Å²) in [5, 5.41) is 7.62. The third-order valence-electron chi connectivity index (χ3n) is 6.38. The first kappa shape index (κ1) is 28.7. The van der Waals surface area contributed by atoms with E-state index in [1.54, 1.807) is 20.8 Å². The molecule has 0 fully saturated rings. The third kappa shape index (κ3) is 7.57. The second-order valence-corrected chi connectivity index (χ2v) is 10.4. The Hall–Kier alpha value is -3.88. The maximum Gasteiger partial charge on any atom is 0.407 e. The van der Waals surface area contributed by atoms with E-state index in [1.165, 1.54) is 0 Å². The molecule has 0 bridgehead atoms. The standard InChI is InChI=1S/C29H37N3O6/c1-6-18(2)26(27(35)30-16-25(34)38-29(3,4)5)32-24(33)15-31-28(36)37-17-23-21-13-9-7-11-19(21)20-12-8-10-14-22(20)23/h7-14,18,23,26H,6,15-17H2,1-5H3,(H,30,35)(H,31,36)(H,32,33)/t18-,26-/m0/s1. The number of rotatable bonds is 10. The first-order chi connectivity index (χ1) is 18.0. The van der Waals surface area contributed by atoms with Gasteiger partial charge in [-0.05, 0) is 48.9 Å². The quantitative estimate of drug-likeness (QED) is 0.410. The van der Waals surface area contributed by atoms with Crippen molar-refractivity contribution in [3.05, 3.63) is 59.7 Å². The van der Waals surface area contributed by atoms with Gasteiger partial charge >= 0.3 is 12.1 Å². The normalized spacial score (nSPS) is 13.9. The van der Waals surface area contributed by atoms with Crippen LogP contribution in [0.25, 0.3) is 11.1 Å². The molecule has 0 aromatic heterocycles. The Morgan fingerprint density at radius 2 is 1.47 bits per heavy atom. The fourth-order valence-corrected chi connectivity index (χ4v) is 4.38. The van der Waals surface area contributed by atoms with Gasteiger partial charge in [-0.2, -0.15) is 0 Å². The van der Waals surface area contributed by atoms with E-state index in [1.807, 2.05) is 50.2 Å². The summed E-state index contributed by atoms with van der Waals surface area (Å²) < 4.78 is 10.7. The lowest BCUT2D eigenvalue weighted by Gasteiger charge is -2.24. The van der Waals surface area contributed by atoms with Crippen molar-refractivity contribution < 1.29 is 28.7 Å². The van der Waals surface area contributed by atoms with Crippen LogP contribution in [0.15, 0.2) is 48.5 Å². The summed E-state index contributed by atoms with van der Waals surface area (Å²) in [6.07, 6.45) is -0.110. The number of carbonyl (C=O) groups is 4. The fourth-order valence-electron chi connectivity index (χ4n) is 4.38. The van der Waals surface area contributed by atoms with Crippen LogP contribution in [0.3, 0.4) is 0 Å². The van der Waals surface area contributed by atoms with Crippen molar-refractivity contribution in [3.8, 4) is 11.1 Å². The maximum absolute atomic E-state index is 12.7. The summed E-state index contributed by atoms with van der Waals surface area (Å²) >= 11 is 0. The highest BCUT2D eigenvalue weighted by atomic mass is 16.6. The second kappa shape index (κ2) is 12.6. The lowest BCUT2D eigenvalue weighted by atomic mass is 9.98. The van der Waals surface area contributed by atoms with E-state index >= 15 is 0 Å². The Kier molecular flexibility index (Phi) is 9.50. The largest absolute Gasteiger partial charge is 0.459 e. The van der Waals surface area contributed by atoms with Gasteiger partial charge in [-0.15, -0.1) is 0 Å². The molecule has 3 N–H and O–H groups in total. The van der Waals surface area contributed by atoms with E-state index in [2.05, 4.69) is 28.1 Å². The number of alkyl carbamates (subject to hydrolysis) is 1. The van der Waals surface area contributed by atoms with Gasteiger partial charge in [0.1, 0.15) is 31.3 Å². The number of ether oxygens (including phenoxy) is 2. The van der Waals surface area contributed by atoms with Crippen LogP contribution >= 0.6 is 0 Å². The van der Waals surface area contributed by atoms with Crippen LogP contribution < -0.4 is 16.0 Å². The van der Waals surface area contributed by atoms with E-state index < -0.39 is 35.5 Å². The van der Waals surface area contributed by atoms with Crippen LogP contribution in [0, 0.1) is 5.92 Å². The van der Waals surface area contributed by atoms with Gasteiger partial charge in [-0.3, -0.25) is 14.4 Å². The lowest BCUT2D eigenvalue weighted by Crippen LogP contribution is -2.53. The lowest BCUT2D eigenvalue weighted by molar-refractivity contribution is -0.154. The summed E-state index contributed by atoms with van der Waals surface area (Å²) in [5.74, 6) is -1.91. The number of esters is 1. The van der Waals surface area contributed by atoms with E-state index in [0.29, 0.717) is 6.42 Å². The van der Waals surface area contributed by atoms with Crippen LogP contribution in [0.1, 0.15) is 58.1 Å². The molecule has 0 radical (unpaired) electrons. The molecule has 204 valence electrons. The average Bonchev–Trinajstić information content (AvgIpc) is 3.20. The summed E-state index contributed by atoms with van der Waals surface area (Å²) in [4.78, 5) is 49.6. The Morgan fingerprint density at radius 1 is 0.895 bits per heavy atom. The van der Waals surface area contributed by atoms with Crippen LogP contribution in [-0.2, 0) is 23.9 Å². The molecule has 0 heterocycles. The number of benzene rings is 2. The van der Waals surface area contributed by atoms with Crippen molar-refractivity contribution in [3.63, 3.8) is 0 Å². The van der Waals surface area contributed by atoms with Gasteiger partial charge in [0.2, 0.25) is 11.8 Å². The second-order valence-electron chi connectivity index (χ2n) is 10.4. The Bertz CT molecular complexity index is 1130. The molecule has 0 unspecified atom stereocenters. The van der Waals surface area contributed by atoms with Gasteiger partial charge in [-0.25, -0.2) is 4.79 Å². The summed E-state index contributed by atoms with van der Waals surface area (Å²) in [5.41, 5.74) is 3.76. The molecule has 2 atom stereocenters. The molecule has 0 saturated heterocycles. The van der Waals surface area contributed by atoms with Crippen LogP contribution in [0.4, 0.5) is 4.79 Å². The predicted molar refractivity (Wildman–Crippen MR) is 143 cm³/mol. The zero-order valence-corrected chi connectivity index (χ0v) is 22.6. The molecule has 38 heavy (non-hydrogen) atoms. The number of nitrogens with one attached hydrogen (secondary N) is 3. The van der Waals surface area contributed by atoms with E-state index in [4.69, 9.17) is 9.47 Å². The van der Waals surface area contributed by atoms with Crippen LogP contribution in [-0.4, -0.2) is 55.2 Å². The van der Waals surface area contributed by atoms with Gasteiger partial charge in [-0.1, -0.05) is 68.8 Å². The smallest absolute Gasteiger partial charge is 0.407 e. The molecule has 3 amide bonds. The van der Waals surface area contributed by atoms with Crippen molar-refractivity contribution in [2.45, 2.75) is 58.6 Å². The first-order valence-corrected chi connectivity index (χ1v) is 12.9. The molecule has 9 heteroatoms. The monoisotopic (exact) mass is 523 g/mol. The molecule has 1 aliphatic rings. The number of carbonyl (C=O) groups excluding carboxylic acids is 4. The fraction of sp³-hybridized carbons (Fsp3) is 0.448. The highest BCUT2D eigenvalue weighted by molar-refractivity contribution is 5.91. The molecule has 9 nitrogen and oxygen atoms in total. The zero-order valence-electron chi connectivity index (χ0n) is 22.6. The highest BCUT2D eigenvalue weighted by Crippen LogP contribution is 2.44. The minimum absolute atomic E-state index is 0.0922. The first-order valence-electron chi connectivity index (χ1n) is 12.9. The number of amides is 3. The molecule has 0 spiro atoms. The molecule has 2 aromatic carbocycles. The third-order valence-corrected chi connectivity index (χ3v) is 6.38. The number of hydrogen-bond acceptors (Lipinski definition) is 6. The van der Waals surface area contributed by atoms with E-state index in [-0.39, 0.29) is 31.5 Å². The highest BCUT2D eigenvalue weighted by Gasteiger charge is 2.30.